The van der Waals surface area contributed by atoms with E-state index in [1.807, 2.05) is 0 Å². The van der Waals surface area contributed by atoms with Crippen LogP contribution in [0.2, 0.25) is 0 Å². The third-order valence-corrected chi connectivity index (χ3v) is 3.96. The summed E-state index contributed by atoms with van der Waals surface area (Å²) in [6.07, 6.45) is 8.24. The summed E-state index contributed by atoms with van der Waals surface area (Å²) in [4.78, 5) is 0. The molecule has 0 amide bonds. The molecule has 0 spiro atoms. The van der Waals surface area contributed by atoms with Crippen LogP contribution in [0.15, 0.2) is 30.3 Å². The molecule has 0 heterocycles. The molecule has 1 radical (unpaired) electrons. The zero-order valence-electron chi connectivity index (χ0n) is 8.52. The summed E-state index contributed by atoms with van der Waals surface area (Å²) in [5, 5.41) is 0. The van der Waals surface area contributed by atoms with Gasteiger partial charge in [0.1, 0.15) is 0 Å². The van der Waals surface area contributed by atoms with Crippen LogP contribution in [0.1, 0.15) is 24.8 Å². The molecule has 3 unspecified atom stereocenters. The summed E-state index contributed by atoms with van der Waals surface area (Å²) < 4.78 is 0. The van der Waals surface area contributed by atoms with Gasteiger partial charge in [0.2, 0.25) is 0 Å². The lowest BCUT2D eigenvalue weighted by Gasteiger charge is -2.21. The maximum Gasteiger partial charge on any atom is -0.0248 e. The van der Waals surface area contributed by atoms with Crippen LogP contribution in [0.3, 0.4) is 0 Å². The van der Waals surface area contributed by atoms with E-state index in [9.17, 15) is 0 Å². The fourth-order valence-corrected chi connectivity index (χ4v) is 3.28. The van der Waals surface area contributed by atoms with Gasteiger partial charge in [-0.05, 0) is 55.4 Å². The van der Waals surface area contributed by atoms with Crippen LogP contribution in [0.5, 0.6) is 0 Å². The van der Waals surface area contributed by atoms with Crippen LogP contribution in [0, 0.1) is 24.2 Å². The second-order valence-electron chi connectivity index (χ2n) is 4.92. The van der Waals surface area contributed by atoms with Gasteiger partial charge in [-0.25, -0.2) is 0 Å². The van der Waals surface area contributed by atoms with Gasteiger partial charge in [-0.3, -0.25) is 0 Å². The van der Waals surface area contributed by atoms with E-state index < -0.39 is 0 Å². The van der Waals surface area contributed by atoms with E-state index >= 15 is 0 Å². The highest BCUT2D eigenvalue weighted by molar-refractivity contribution is 5.17. The van der Waals surface area contributed by atoms with Gasteiger partial charge in [-0.2, -0.15) is 0 Å². The lowest BCUT2D eigenvalue weighted by molar-refractivity contribution is 0.391. The molecule has 2 saturated carbocycles. The van der Waals surface area contributed by atoms with E-state index in [0.29, 0.717) is 0 Å². The molecule has 73 valence electrons. The molecule has 0 aromatic heterocycles. The largest absolute Gasteiger partial charge is 0.0622 e. The zero-order valence-corrected chi connectivity index (χ0v) is 8.52. The number of benzene rings is 1. The van der Waals surface area contributed by atoms with Crippen molar-refractivity contribution < 1.29 is 0 Å². The van der Waals surface area contributed by atoms with E-state index in [1.165, 1.54) is 31.2 Å². The van der Waals surface area contributed by atoms with Gasteiger partial charge in [-0.15, -0.1) is 0 Å². The van der Waals surface area contributed by atoms with Crippen LogP contribution in [-0.2, 0) is 6.42 Å². The van der Waals surface area contributed by atoms with Crippen LogP contribution in [0.25, 0.3) is 0 Å². The summed E-state index contributed by atoms with van der Waals surface area (Å²) in [6.45, 7) is 0. The number of fused-ring (bicyclic) bond motifs is 2. The average Bonchev–Trinajstić information content (AvgIpc) is 2.81. The molecule has 0 heteroatoms. The maximum atomic E-state index is 2.57. The smallest absolute Gasteiger partial charge is 0.0248 e. The van der Waals surface area contributed by atoms with Crippen molar-refractivity contribution in [2.75, 3.05) is 0 Å². The Balaban J connectivity index is 1.69. The Morgan fingerprint density at radius 1 is 1.07 bits per heavy atom. The summed E-state index contributed by atoms with van der Waals surface area (Å²) >= 11 is 0. The minimum absolute atomic E-state index is 0.945. The van der Waals surface area contributed by atoms with Gasteiger partial charge in [0.15, 0.2) is 0 Å². The van der Waals surface area contributed by atoms with E-state index in [-0.39, 0.29) is 0 Å². The van der Waals surface area contributed by atoms with Crippen molar-refractivity contribution >= 4 is 0 Å². The molecule has 3 atom stereocenters. The highest BCUT2D eigenvalue weighted by atomic mass is 14.4. The quantitative estimate of drug-likeness (QED) is 0.661. The third-order valence-electron chi connectivity index (χ3n) is 3.96. The number of rotatable bonds is 2. The molecule has 0 N–H and O–H groups in total. The molecule has 1 aromatic carbocycles. The Morgan fingerprint density at radius 3 is 2.57 bits per heavy atom. The molecular formula is C14H17. The molecule has 2 aliphatic carbocycles. The Labute approximate surface area is 86.3 Å². The molecule has 14 heavy (non-hydrogen) atoms. The highest BCUT2D eigenvalue weighted by Gasteiger charge is 2.39. The van der Waals surface area contributed by atoms with Gasteiger partial charge in [0.05, 0.1) is 0 Å². The lowest BCUT2D eigenvalue weighted by atomic mass is 9.84. The molecule has 0 saturated heterocycles. The van der Waals surface area contributed by atoms with Crippen molar-refractivity contribution in [2.45, 2.75) is 25.7 Å². The fourth-order valence-electron chi connectivity index (χ4n) is 3.28. The van der Waals surface area contributed by atoms with Crippen molar-refractivity contribution in [3.05, 3.63) is 42.3 Å². The van der Waals surface area contributed by atoms with Gasteiger partial charge >= 0.3 is 0 Å². The first-order chi connectivity index (χ1) is 6.92. The normalized spacial score (nSPS) is 35.0. The van der Waals surface area contributed by atoms with Crippen molar-refractivity contribution in [2.24, 2.45) is 17.8 Å². The van der Waals surface area contributed by atoms with E-state index in [0.717, 1.165) is 17.8 Å². The Bertz CT molecular complexity index is 301. The molecule has 0 aliphatic heterocycles. The van der Waals surface area contributed by atoms with Gasteiger partial charge in [-0.1, -0.05) is 30.3 Å². The standard InChI is InChI=1S/C14H17/c1-2-4-11(5-3-1)8-14-10-12-6-7-13(14)9-12/h1-5,7,12-14H,6,8-10H2. The van der Waals surface area contributed by atoms with Crippen LogP contribution in [0.4, 0.5) is 0 Å². The van der Waals surface area contributed by atoms with Crippen molar-refractivity contribution in [1.82, 2.24) is 0 Å². The van der Waals surface area contributed by atoms with Crippen molar-refractivity contribution in [3.8, 4) is 0 Å². The van der Waals surface area contributed by atoms with E-state index in [1.54, 1.807) is 0 Å². The summed E-state index contributed by atoms with van der Waals surface area (Å²) in [6, 6.07) is 11.0. The van der Waals surface area contributed by atoms with Crippen molar-refractivity contribution in [3.63, 3.8) is 0 Å². The van der Waals surface area contributed by atoms with E-state index in [4.69, 9.17) is 0 Å². The monoisotopic (exact) mass is 185 g/mol. The first-order valence-electron chi connectivity index (χ1n) is 5.79. The SMILES string of the molecule is [CH]1CC2CC1C(Cc1ccccc1)C2. The van der Waals surface area contributed by atoms with Gasteiger partial charge < -0.3 is 0 Å². The molecule has 2 bridgehead atoms. The molecule has 0 nitrogen and oxygen atoms in total. The van der Waals surface area contributed by atoms with Gasteiger partial charge in [0.25, 0.3) is 0 Å². The molecule has 3 rings (SSSR count). The molecule has 2 fully saturated rings. The first-order valence-corrected chi connectivity index (χ1v) is 5.79. The van der Waals surface area contributed by atoms with Crippen LogP contribution in [-0.4, -0.2) is 0 Å². The first kappa shape index (κ1) is 8.52. The second kappa shape index (κ2) is 3.42. The Morgan fingerprint density at radius 2 is 1.93 bits per heavy atom. The fraction of sp³-hybridized carbons (Fsp3) is 0.500. The molecular weight excluding hydrogens is 168 g/mol. The minimum atomic E-state index is 0.945. The Hall–Kier alpha value is -0.780. The molecule has 1 aromatic rings. The van der Waals surface area contributed by atoms with Crippen LogP contribution < -0.4 is 0 Å². The van der Waals surface area contributed by atoms with Crippen molar-refractivity contribution in [1.29, 1.82) is 0 Å². The minimum Gasteiger partial charge on any atom is -0.0622 e. The topological polar surface area (TPSA) is 0 Å². The number of hydrogen-bond acceptors (Lipinski definition) is 0. The summed E-state index contributed by atoms with van der Waals surface area (Å²) in [7, 11) is 0. The summed E-state index contributed by atoms with van der Waals surface area (Å²) in [5.41, 5.74) is 1.53. The highest BCUT2D eigenvalue weighted by Crippen LogP contribution is 2.48. The Kier molecular flexibility index (Phi) is 2.08. The van der Waals surface area contributed by atoms with Gasteiger partial charge in [0, 0.05) is 0 Å². The predicted molar refractivity (Wildman–Crippen MR) is 58.8 cm³/mol. The third kappa shape index (κ3) is 1.47. The lowest BCUT2D eigenvalue weighted by Crippen LogP contribution is -2.13. The average molecular weight is 185 g/mol. The van der Waals surface area contributed by atoms with E-state index in [2.05, 4.69) is 36.8 Å². The summed E-state index contributed by atoms with van der Waals surface area (Å²) in [5.74, 6) is 2.94. The molecule has 2 aliphatic rings. The maximum absolute atomic E-state index is 2.57. The van der Waals surface area contributed by atoms with Crippen LogP contribution >= 0.6 is 0 Å². The number of hydrogen-bond donors (Lipinski definition) is 0. The predicted octanol–water partition coefficient (Wildman–Crippen LogP) is 3.48. The zero-order chi connectivity index (χ0) is 9.38. The second-order valence-corrected chi connectivity index (χ2v) is 4.92.